The number of aromatic amines is 1. The SMILES string of the molecule is O=C(Cc1cccnc1)N1CC(S(=O)(=O)N2CCC(c3c[nH]c4ncccc34)CC2)C1. The molecule has 1 amide bonds. The molecule has 162 valence electrons. The summed E-state index contributed by atoms with van der Waals surface area (Å²) in [6.07, 6.45) is 8.93. The highest BCUT2D eigenvalue weighted by Gasteiger charge is 2.43. The van der Waals surface area contributed by atoms with Gasteiger partial charge in [0.2, 0.25) is 15.9 Å². The van der Waals surface area contributed by atoms with Gasteiger partial charge in [-0.1, -0.05) is 6.07 Å². The number of nitrogens with zero attached hydrogens (tertiary/aromatic N) is 4. The van der Waals surface area contributed by atoms with Crippen LogP contribution in [0, 0.1) is 0 Å². The van der Waals surface area contributed by atoms with Gasteiger partial charge in [-0.05, 0) is 48.1 Å². The predicted molar refractivity (Wildman–Crippen MR) is 117 cm³/mol. The summed E-state index contributed by atoms with van der Waals surface area (Å²) in [5.74, 6) is 0.273. The van der Waals surface area contributed by atoms with Gasteiger partial charge in [0.15, 0.2) is 0 Å². The second kappa shape index (κ2) is 8.05. The molecule has 31 heavy (non-hydrogen) atoms. The van der Waals surface area contributed by atoms with Gasteiger partial charge in [-0.25, -0.2) is 17.7 Å². The molecule has 0 aliphatic carbocycles. The fourth-order valence-corrected chi connectivity index (χ4v) is 6.44. The molecule has 0 radical (unpaired) electrons. The molecule has 2 aliphatic rings. The number of likely N-dealkylation sites (tertiary alicyclic amines) is 1. The van der Waals surface area contributed by atoms with Crippen molar-refractivity contribution in [2.75, 3.05) is 26.2 Å². The largest absolute Gasteiger partial charge is 0.346 e. The van der Waals surface area contributed by atoms with Crippen molar-refractivity contribution in [2.24, 2.45) is 0 Å². The number of hydrogen-bond acceptors (Lipinski definition) is 5. The van der Waals surface area contributed by atoms with Gasteiger partial charge >= 0.3 is 0 Å². The van der Waals surface area contributed by atoms with Gasteiger partial charge in [0.25, 0.3) is 0 Å². The smallest absolute Gasteiger partial charge is 0.227 e. The first-order valence-corrected chi connectivity index (χ1v) is 12.1. The standard InChI is InChI=1S/C22H25N5O3S/c28-21(11-16-3-1-7-23-12-16)26-14-18(15-26)31(29,30)27-9-5-17(6-10-27)20-13-25-22-19(20)4-2-8-24-22/h1-4,7-8,12-13,17-18H,5-6,9-11,14-15H2,(H,24,25). The molecule has 1 N–H and O–H groups in total. The Morgan fingerprint density at radius 2 is 1.90 bits per heavy atom. The first-order chi connectivity index (χ1) is 15.0. The molecule has 8 nitrogen and oxygen atoms in total. The maximum absolute atomic E-state index is 13.1. The van der Waals surface area contributed by atoms with E-state index in [1.54, 1.807) is 33.9 Å². The summed E-state index contributed by atoms with van der Waals surface area (Å²) in [6, 6.07) is 7.63. The Balaban J connectivity index is 1.17. The number of aromatic nitrogens is 3. The third kappa shape index (κ3) is 3.83. The fourth-order valence-electron chi connectivity index (χ4n) is 4.57. The van der Waals surface area contributed by atoms with Crippen molar-refractivity contribution in [3.05, 3.63) is 60.2 Å². The first kappa shape index (κ1) is 20.1. The quantitative estimate of drug-likeness (QED) is 0.655. The average Bonchev–Trinajstić information content (AvgIpc) is 3.17. The van der Waals surface area contributed by atoms with E-state index < -0.39 is 15.3 Å². The molecule has 2 fully saturated rings. The van der Waals surface area contributed by atoms with Gasteiger partial charge in [0.1, 0.15) is 10.9 Å². The van der Waals surface area contributed by atoms with Crippen LogP contribution in [0.5, 0.6) is 0 Å². The monoisotopic (exact) mass is 439 g/mol. The van der Waals surface area contributed by atoms with Crippen molar-refractivity contribution < 1.29 is 13.2 Å². The zero-order valence-electron chi connectivity index (χ0n) is 17.1. The molecule has 5 heterocycles. The molecule has 0 spiro atoms. The molecule has 3 aromatic heterocycles. The van der Waals surface area contributed by atoms with Gasteiger partial charge in [0.05, 0.1) is 6.42 Å². The topological polar surface area (TPSA) is 99.3 Å². The van der Waals surface area contributed by atoms with E-state index in [0.717, 1.165) is 29.4 Å². The van der Waals surface area contributed by atoms with Crippen LogP contribution in [-0.2, 0) is 21.2 Å². The highest BCUT2D eigenvalue weighted by atomic mass is 32.2. The van der Waals surface area contributed by atoms with Crippen molar-refractivity contribution in [2.45, 2.75) is 30.4 Å². The Hall–Kier alpha value is -2.78. The average molecular weight is 440 g/mol. The summed E-state index contributed by atoms with van der Waals surface area (Å²) in [5.41, 5.74) is 2.93. The lowest BCUT2D eigenvalue weighted by atomic mass is 9.90. The van der Waals surface area contributed by atoms with Crippen molar-refractivity contribution in [3.63, 3.8) is 0 Å². The number of piperidine rings is 1. The fraction of sp³-hybridized carbons (Fsp3) is 0.409. The minimum atomic E-state index is -3.39. The molecule has 2 saturated heterocycles. The molecule has 0 bridgehead atoms. The van der Waals surface area contributed by atoms with E-state index in [4.69, 9.17) is 0 Å². The molecular weight excluding hydrogens is 414 g/mol. The maximum Gasteiger partial charge on any atom is 0.227 e. The molecule has 3 aromatic rings. The number of sulfonamides is 1. The van der Waals surface area contributed by atoms with E-state index in [2.05, 4.69) is 21.0 Å². The van der Waals surface area contributed by atoms with Crippen LogP contribution >= 0.6 is 0 Å². The summed E-state index contributed by atoms with van der Waals surface area (Å²) in [6.45, 7) is 1.57. The van der Waals surface area contributed by atoms with Crippen LogP contribution in [0.3, 0.4) is 0 Å². The first-order valence-electron chi connectivity index (χ1n) is 10.6. The van der Waals surface area contributed by atoms with Crippen LogP contribution in [0.25, 0.3) is 11.0 Å². The van der Waals surface area contributed by atoms with Crippen molar-refractivity contribution in [1.82, 2.24) is 24.2 Å². The van der Waals surface area contributed by atoms with Crippen LogP contribution < -0.4 is 0 Å². The Morgan fingerprint density at radius 1 is 1.13 bits per heavy atom. The third-order valence-corrected chi connectivity index (χ3v) is 8.66. The van der Waals surface area contributed by atoms with E-state index >= 15 is 0 Å². The van der Waals surface area contributed by atoms with Gasteiger partial charge in [-0.2, -0.15) is 0 Å². The van der Waals surface area contributed by atoms with Crippen LogP contribution in [0.4, 0.5) is 0 Å². The Bertz CT molecular complexity index is 1180. The minimum Gasteiger partial charge on any atom is -0.346 e. The zero-order valence-corrected chi connectivity index (χ0v) is 18.0. The maximum atomic E-state index is 13.1. The summed E-state index contributed by atoms with van der Waals surface area (Å²) < 4.78 is 27.7. The van der Waals surface area contributed by atoms with Gasteiger partial charge in [0, 0.05) is 56.4 Å². The summed E-state index contributed by atoms with van der Waals surface area (Å²) in [4.78, 5) is 25.6. The van der Waals surface area contributed by atoms with Gasteiger partial charge < -0.3 is 9.88 Å². The number of pyridine rings is 2. The number of rotatable bonds is 5. The molecule has 5 rings (SSSR count). The number of nitrogens with one attached hydrogen (secondary N) is 1. The Morgan fingerprint density at radius 3 is 2.65 bits per heavy atom. The number of amides is 1. The Kier molecular flexibility index (Phi) is 5.23. The summed E-state index contributed by atoms with van der Waals surface area (Å²) in [5, 5.41) is 0.616. The van der Waals surface area contributed by atoms with E-state index in [1.165, 1.54) is 5.56 Å². The number of H-pyrrole nitrogens is 1. The van der Waals surface area contributed by atoms with Crippen LogP contribution in [0.2, 0.25) is 0 Å². The van der Waals surface area contributed by atoms with Gasteiger partial charge in [-0.15, -0.1) is 0 Å². The zero-order chi connectivity index (χ0) is 21.4. The number of carbonyl (C=O) groups excluding carboxylic acids is 1. The number of carbonyl (C=O) groups is 1. The highest BCUT2D eigenvalue weighted by Crippen LogP contribution is 2.34. The van der Waals surface area contributed by atoms with Crippen LogP contribution in [0.1, 0.15) is 29.9 Å². The van der Waals surface area contributed by atoms with E-state index in [1.807, 2.05) is 18.3 Å². The molecule has 0 saturated carbocycles. The van der Waals surface area contributed by atoms with Crippen LogP contribution in [0.15, 0.2) is 49.1 Å². The van der Waals surface area contributed by atoms with Crippen LogP contribution in [-0.4, -0.2) is 69.9 Å². The van der Waals surface area contributed by atoms with E-state index in [-0.39, 0.29) is 25.4 Å². The summed E-state index contributed by atoms with van der Waals surface area (Å²) in [7, 11) is -3.39. The van der Waals surface area contributed by atoms with Crippen molar-refractivity contribution >= 4 is 27.0 Å². The Labute approximate surface area is 181 Å². The molecule has 9 heteroatoms. The molecule has 0 aromatic carbocycles. The number of fused-ring (bicyclic) bond motifs is 1. The highest BCUT2D eigenvalue weighted by molar-refractivity contribution is 7.89. The minimum absolute atomic E-state index is 0.0499. The van der Waals surface area contributed by atoms with Crippen molar-refractivity contribution in [1.29, 1.82) is 0 Å². The molecule has 0 unspecified atom stereocenters. The lowest BCUT2D eigenvalue weighted by Crippen LogP contribution is -2.60. The molecule has 0 atom stereocenters. The predicted octanol–water partition coefficient (Wildman–Crippen LogP) is 1.92. The van der Waals surface area contributed by atoms with E-state index in [0.29, 0.717) is 19.0 Å². The second-order valence-corrected chi connectivity index (χ2v) is 10.5. The van der Waals surface area contributed by atoms with Crippen molar-refractivity contribution in [3.8, 4) is 0 Å². The number of hydrogen-bond donors (Lipinski definition) is 1. The van der Waals surface area contributed by atoms with E-state index in [9.17, 15) is 13.2 Å². The molecule has 2 aliphatic heterocycles. The lowest BCUT2D eigenvalue weighted by molar-refractivity contribution is -0.133. The third-order valence-electron chi connectivity index (χ3n) is 6.44. The molecular formula is C22H25N5O3S. The van der Waals surface area contributed by atoms with Gasteiger partial charge in [-0.3, -0.25) is 9.78 Å². The lowest BCUT2D eigenvalue weighted by Gasteiger charge is -2.42. The second-order valence-electron chi connectivity index (χ2n) is 8.32. The normalized spacial score (nSPS) is 18.9. The summed E-state index contributed by atoms with van der Waals surface area (Å²) >= 11 is 0.